The van der Waals surface area contributed by atoms with Crippen molar-refractivity contribution in [3.05, 3.63) is 51.0 Å². The zero-order chi connectivity index (χ0) is 26.5. The van der Waals surface area contributed by atoms with Gasteiger partial charge in [0, 0.05) is 44.0 Å². The van der Waals surface area contributed by atoms with Gasteiger partial charge in [0.2, 0.25) is 0 Å². The van der Waals surface area contributed by atoms with Crippen molar-refractivity contribution in [2.24, 2.45) is 0 Å². The monoisotopic (exact) mass is 538 g/mol. The lowest BCUT2D eigenvalue weighted by Gasteiger charge is -2.31. The first-order valence-electron chi connectivity index (χ1n) is 13.7. The Morgan fingerprint density at radius 3 is 2.50 bits per heavy atom. The van der Waals surface area contributed by atoms with Crippen LogP contribution in [0.3, 0.4) is 0 Å². The second-order valence-electron chi connectivity index (χ2n) is 10.4. The Labute approximate surface area is 229 Å². The molecule has 1 aromatic carbocycles. The molecule has 1 N–H and O–H groups in total. The van der Waals surface area contributed by atoms with Gasteiger partial charge in [0.25, 0.3) is 5.91 Å². The van der Waals surface area contributed by atoms with E-state index in [9.17, 15) is 9.59 Å². The minimum absolute atomic E-state index is 0.0298. The summed E-state index contributed by atoms with van der Waals surface area (Å²) in [6, 6.07) is 4.02. The molecule has 0 spiro atoms. The Morgan fingerprint density at radius 1 is 1.03 bits per heavy atom. The van der Waals surface area contributed by atoms with Gasteiger partial charge in [-0.1, -0.05) is 11.6 Å². The van der Waals surface area contributed by atoms with E-state index in [0.717, 1.165) is 55.1 Å². The van der Waals surface area contributed by atoms with Crippen LogP contribution in [0.2, 0.25) is 0 Å². The first kappa shape index (κ1) is 26.5. The number of carbonyl (C=O) groups excluding carboxylic acids is 2. The molecule has 3 heterocycles. The van der Waals surface area contributed by atoms with E-state index in [4.69, 9.17) is 14.5 Å². The van der Waals surface area contributed by atoms with Crippen LogP contribution in [0.25, 0.3) is 0 Å². The quantitative estimate of drug-likeness (QED) is 0.494. The molecule has 2 aromatic rings. The molecule has 0 saturated carbocycles. The number of nitrogens with one attached hydrogen (secondary N) is 1. The van der Waals surface area contributed by atoms with Gasteiger partial charge in [-0.25, -0.2) is 9.78 Å². The van der Waals surface area contributed by atoms with Crippen LogP contribution in [0.15, 0.2) is 29.2 Å². The van der Waals surface area contributed by atoms with Gasteiger partial charge in [0.05, 0.1) is 19.2 Å². The van der Waals surface area contributed by atoms with Crippen molar-refractivity contribution in [1.82, 2.24) is 20.1 Å². The van der Waals surface area contributed by atoms with Gasteiger partial charge in [-0.15, -0.1) is 11.3 Å². The van der Waals surface area contributed by atoms with Gasteiger partial charge < -0.3 is 24.6 Å². The molecular weight excluding hydrogens is 500 g/mol. The van der Waals surface area contributed by atoms with Crippen molar-refractivity contribution in [1.29, 1.82) is 0 Å². The number of urea groups is 1. The second-order valence-corrected chi connectivity index (χ2v) is 11.3. The third-order valence-corrected chi connectivity index (χ3v) is 8.99. The standard InChI is InChI=1S/C29H38N4O4S/c1-36-25-16-22-11-15-33(18-23(22)17-26(25)37-2)28(34)24-19-38-27(31-24)21-9-13-32(14-10-21)29(35)30-12-8-20-6-4-3-5-7-20/h6,16-17,19,21H,3-5,7-15,18H2,1-2H3,(H,30,35). The zero-order valence-corrected chi connectivity index (χ0v) is 23.3. The van der Waals surface area contributed by atoms with Crippen molar-refractivity contribution in [3.8, 4) is 11.5 Å². The highest BCUT2D eigenvalue weighted by Crippen LogP contribution is 2.34. The Morgan fingerprint density at radius 2 is 1.79 bits per heavy atom. The number of benzene rings is 1. The maximum atomic E-state index is 13.3. The summed E-state index contributed by atoms with van der Waals surface area (Å²) in [5, 5.41) is 5.99. The Balaban J connectivity index is 1.12. The molecular formula is C29H38N4O4S. The van der Waals surface area contributed by atoms with Crippen LogP contribution >= 0.6 is 11.3 Å². The van der Waals surface area contributed by atoms with Gasteiger partial charge in [-0.2, -0.15) is 0 Å². The number of thiazole rings is 1. The number of aromatic nitrogens is 1. The van der Waals surface area contributed by atoms with E-state index in [1.807, 2.05) is 27.3 Å². The van der Waals surface area contributed by atoms with Crippen LogP contribution < -0.4 is 14.8 Å². The molecule has 0 atom stereocenters. The summed E-state index contributed by atoms with van der Waals surface area (Å²) in [5.41, 5.74) is 4.27. The minimum Gasteiger partial charge on any atom is -0.493 e. The molecule has 204 valence electrons. The number of fused-ring (bicyclic) bond motifs is 1. The van der Waals surface area contributed by atoms with Crippen molar-refractivity contribution in [2.75, 3.05) is 40.4 Å². The van der Waals surface area contributed by atoms with E-state index in [1.54, 1.807) is 25.6 Å². The summed E-state index contributed by atoms with van der Waals surface area (Å²) in [4.78, 5) is 34.5. The second kappa shape index (κ2) is 12.2. The summed E-state index contributed by atoms with van der Waals surface area (Å²) in [6.45, 7) is 3.33. The average Bonchev–Trinajstić information content (AvgIpc) is 3.46. The molecule has 9 heteroatoms. The number of likely N-dealkylation sites (tertiary alicyclic amines) is 1. The molecule has 1 aromatic heterocycles. The van der Waals surface area contributed by atoms with E-state index >= 15 is 0 Å². The highest BCUT2D eigenvalue weighted by Gasteiger charge is 2.29. The maximum Gasteiger partial charge on any atom is 0.317 e. The number of amides is 3. The van der Waals surface area contributed by atoms with Gasteiger partial charge in [0.15, 0.2) is 11.5 Å². The highest BCUT2D eigenvalue weighted by molar-refractivity contribution is 7.09. The molecule has 0 unspecified atom stereocenters. The van der Waals surface area contributed by atoms with Gasteiger partial charge in [-0.3, -0.25) is 4.79 Å². The normalized spacial score (nSPS) is 18.0. The molecule has 1 aliphatic carbocycles. The molecule has 0 bridgehead atoms. The lowest BCUT2D eigenvalue weighted by atomic mass is 9.97. The number of methoxy groups -OCH3 is 2. The van der Waals surface area contributed by atoms with Gasteiger partial charge in [0.1, 0.15) is 5.69 Å². The molecule has 5 rings (SSSR count). The fourth-order valence-electron chi connectivity index (χ4n) is 5.69. The fraction of sp³-hybridized carbons (Fsp3) is 0.552. The summed E-state index contributed by atoms with van der Waals surface area (Å²) in [6.07, 6.45) is 10.7. The van der Waals surface area contributed by atoms with Crippen LogP contribution in [0.1, 0.15) is 77.5 Å². The third-order valence-electron chi connectivity index (χ3n) is 7.99. The maximum absolute atomic E-state index is 13.3. The molecule has 38 heavy (non-hydrogen) atoms. The lowest BCUT2D eigenvalue weighted by molar-refractivity contribution is 0.0729. The number of ether oxygens (including phenoxy) is 2. The molecule has 0 radical (unpaired) electrons. The fourth-order valence-corrected chi connectivity index (χ4v) is 6.66. The first-order chi connectivity index (χ1) is 18.6. The lowest BCUT2D eigenvalue weighted by Crippen LogP contribution is -2.44. The molecule has 2 aliphatic heterocycles. The van der Waals surface area contributed by atoms with E-state index in [0.29, 0.717) is 31.1 Å². The summed E-state index contributed by atoms with van der Waals surface area (Å²) >= 11 is 1.56. The molecule has 1 fully saturated rings. The largest absolute Gasteiger partial charge is 0.493 e. The van der Waals surface area contributed by atoms with Crippen LogP contribution in [0.4, 0.5) is 4.79 Å². The number of nitrogens with zero attached hydrogens (tertiary/aromatic N) is 3. The van der Waals surface area contributed by atoms with E-state index < -0.39 is 0 Å². The number of hydrogen-bond acceptors (Lipinski definition) is 6. The summed E-state index contributed by atoms with van der Waals surface area (Å²) < 4.78 is 10.9. The first-order valence-corrected chi connectivity index (χ1v) is 14.6. The Kier molecular flexibility index (Phi) is 8.51. The number of carbonyl (C=O) groups is 2. The summed E-state index contributed by atoms with van der Waals surface area (Å²) in [5.74, 6) is 1.66. The number of rotatable bonds is 7. The SMILES string of the molecule is COc1cc2c(cc1OC)CN(C(=O)c1csc(C3CCN(C(=O)NCCC4=CCCCC4)CC3)n1)CC2. The van der Waals surface area contributed by atoms with Gasteiger partial charge in [-0.05, 0) is 74.6 Å². The zero-order valence-electron chi connectivity index (χ0n) is 22.5. The van der Waals surface area contributed by atoms with Crippen molar-refractivity contribution in [2.45, 2.75) is 63.8 Å². The highest BCUT2D eigenvalue weighted by atomic mass is 32.1. The smallest absolute Gasteiger partial charge is 0.317 e. The van der Waals surface area contributed by atoms with Crippen molar-refractivity contribution < 1.29 is 19.1 Å². The van der Waals surface area contributed by atoms with Crippen LogP contribution in [-0.4, -0.2) is 67.1 Å². The summed E-state index contributed by atoms with van der Waals surface area (Å²) in [7, 11) is 3.26. The van der Waals surface area contributed by atoms with Crippen LogP contribution in [0, 0.1) is 0 Å². The molecule has 3 amide bonds. The Hall–Kier alpha value is -3.07. The van der Waals surface area contributed by atoms with E-state index in [-0.39, 0.29) is 17.9 Å². The number of hydrogen-bond donors (Lipinski definition) is 1. The predicted octanol–water partition coefficient (Wildman–Crippen LogP) is 5.14. The molecule has 8 nitrogen and oxygen atoms in total. The minimum atomic E-state index is -0.0298. The van der Waals surface area contributed by atoms with Crippen LogP contribution in [-0.2, 0) is 13.0 Å². The Bertz CT molecular complexity index is 1190. The predicted molar refractivity (Wildman–Crippen MR) is 148 cm³/mol. The third kappa shape index (κ3) is 5.98. The topological polar surface area (TPSA) is 84.0 Å². The number of allylic oxidation sites excluding steroid dienone is 1. The molecule has 1 saturated heterocycles. The number of piperidine rings is 1. The van der Waals surface area contributed by atoms with Crippen molar-refractivity contribution in [3.63, 3.8) is 0 Å². The van der Waals surface area contributed by atoms with E-state index in [2.05, 4.69) is 11.4 Å². The molecule has 3 aliphatic rings. The van der Waals surface area contributed by atoms with Crippen LogP contribution in [0.5, 0.6) is 11.5 Å². The average molecular weight is 539 g/mol. The van der Waals surface area contributed by atoms with Crippen molar-refractivity contribution >= 4 is 23.3 Å². The van der Waals surface area contributed by atoms with Gasteiger partial charge >= 0.3 is 6.03 Å². The van der Waals surface area contributed by atoms with E-state index in [1.165, 1.54) is 36.8 Å².